The molecule has 1 saturated heterocycles. The van der Waals surface area contributed by atoms with Crippen LogP contribution in [0.1, 0.15) is 18.9 Å². The Morgan fingerprint density at radius 3 is 2.80 bits per heavy atom. The maximum absolute atomic E-state index is 6.14. The summed E-state index contributed by atoms with van der Waals surface area (Å²) in [4.78, 5) is 0. The first-order valence-electron chi connectivity index (χ1n) is 5.34. The van der Waals surface area contributed by atoms with E-state index in [2.05, 4.69) is 12.2 Å². The first kappa shape index (κ1) is 11.3. The third kappa shape index (κ3) is 2.66. The first-order valence-corrected chi connectivity index (χ1v) is 6.09. The first-order chi connectivity index (χ1) is 7.16. The summed E-state index contributed by atoms with van der Waals surface area (Å²) >= 11 is 12.0. The monoisotopic (exact) mass is 243 g/mol. The van der Waals surface area contributed by atoms with Gasteiger partial charge in [-0.3, -0.25) is 0 Å². The predicted molar refractivity (Wildman–Crippen MR) is 65.7 cm³/mol. The zero-order valence-corrected chi connectivity index (χ0v) is 10.3. The number of nitrogens with one attached hydrogen (secondary N) is 1. The summed E-state index contributed by atoms with van der Waals surface area (Å²) in [5, 5.41) is 4.99. The van der Waals surface area contributed by atoms with E-state index in [9.17, 15) is 0 Å². The van der Waals surface area contributed by atoms with Gasteiger partial charge in [0.25, 0.3) is 0 Å². The van der Waals surface area contributed by atoms with E-state index in [1.54, 1.807) is 0 Å². The van der Waals surface area contributed by atoms with Crippen molar-refractivity contribution in [2.24, 2.45) is 5.92 Å². The van der Waals surface area contributed by atoms with Crippen LogP contribution in [0.25, 0.3) is 0 Å². The smallest absolute Gasteiger partial charge is 0.0453 e. The highest BCUT2D eigenvalue weighted by Crippen LogP contribution is 2.25. The van der Waals surface area contributed by atoms with E-state index in [0.717, 1.165) is 23.9 Å². The minimum absolute atomic E-state index is 0.559. The molecule has 0 bridgehead atoms. The average molecular weight is 244 g/mol. The van der Waals surface area contributed by atoms with Gasteiger partial charge < -0.3 is 5.32 Å². The molecule has 0 aromatic heterocycles. The molecule has 1 aliphatic heterocycles. The number of hydrogen-bond donors (Lipinski definition) is 1. The van der Waals surface area contributed by atoms with Gasteiger partial charge in [0.15, 0.2) is 0 Å². The van der Waals surface area contributed by atoms with Crippen molar-refractivity contribution in [1.29, 1.82) is 0 Å². The summed E-state index contributed by atoms with van der Waals surface area (Å²) in [5.74, 6) is 0.733. The van der Waals surface area contributed by atoms with E-state index in [4.69, 9.17) is 23.2 Å². The Morgan fingerprint density at radius 2 is 2.20 bits per heavy atom. The van der Waals surface area contributed by atoms with Gasteiger partial charge in [0.1, 0.15) is 0 Å². The van der Waals surface area contributed by atoms with Crippen LogP contribution in [-0.4, -0.2) is 12.6 Å². The van der Waals surface area contributed by atoms with Gasteiger partial charge >= 0.3 is 0 Å². The van der Waals surface area contributed by atoms with Gasteiger partial charge in [0.2, 0.25) is 0 Å². The molecule has 0 amide bonds. The molecule has 1 aromatic carbocycles. The molecule has 0 aliphatic carbocycles. The summed E-state index contributed by atoms with van der Waals surface area (Å²) in [6.07, 6.45) is 2.26. The minimum Gasteiger partial charge on any atom is -0.313 e. The molecule has 1 heterocycles. The van der Waals surface area contributed by atoms with Crippen LogP contribution in [0.5, 0.6) is 0 Å². The topological polar surface area (TPSA) is 12.0 Å². The molecule has 0 spiro atoms. The summed E-state index contributed by atoms with van der Waals surface area (Å²) in [7, 11) is 0. The molecule has 1 fully saturated rings. The average Bonchev–Trinajstić information content (AvgIpc) is 2.57. The molecule has 82 valence electrons. The lowest BCUT2D eigenvalue weighted by Crippen LogP contribution is -2.28. The number of benzene rings is 1. The van der Waals surface area contributed by atoms with E-state index in [1.807, 2.05) is 18.2 Å². The summed E-state index contributed by atoms with van der Waals surface area (Å²) in [6, 6.07) is 6.31. The molecule has 1 nitrogen and oxygen atoms in total. The second-order valence-corrected chi connectivity index (χ2v) is 5.11. The lowest BCUT2D eigenvalue weighted by atomic mass is 9.96. The Morgan fingerprint density at radius 1 is 1.40 bits per heavy atom. The maximum Gasteiger partial charge on any atom is 0.0453 e. The van der Waals surface area contributed by atoms with Crippen molar-refractivity contribution in [3.05, 3.63) is 33.8 Å². The molecule has 1 N–H and O–H groups in total. The second kappa shape index (κ2) is 4.73. The largest absolute Gasteiger partial charge is 0.313 e. The van der Waals surface area contributed by atoms with Crippen molar-refractivity contribution >= 4 is 23.2 Å². The summed E-state index contributed by atoms with van der Waals surface area (Å²) < 4.78 is 0. The highest BCUT2D eigenvalue weighted by atomic mass is 35.5. The summed E-state index contributed by atoms with van der Waals surface area (Å²) in [5.41, 5.74) is 1.19. The lowest BCUT2D eigenvalue weighted by Gasteiger charge is -2.16. The van der Waals surface area contributed by atoms with E-state index in [-0.39, 0.29) is 0 Å². The van der Waals surface area contributed by atoms with E-state index in [0.29, 0.717) is 11.1 Å². The molecule has 0 radical (unpaired) electrons. The normalized spacial score (nSPS) is 25.8. The van der Waals surface area contributed by atoms with Crippen molar-refractivity contribution in [2.75, 3.05) is 6.54 Å². The fourth-order valence-electron chi connectivity index (χ4n) is 2.10. The zero-order chi connectivity index (χ0) is 10.8. The second-order valence-electron chi connectivity index (χ2n) is 4.27. The Kier molecular flexibility index (Phi) is 3.55. The van der Waals surface area contributed by atoms with Crippen molar-refractivity contribution in [3.63, 3.8) is 0 Å². The summed E-state index contributed by atoms with van der Waals surface area (Å²) in [6.45, 7) is 3.41. The van der Waals surface area contributed by atoms with E-state index < -0.39 is 0 Å². The van der Waals surface area contributed by atoms with Crippen LogP contribution < -0.4 is 5.32 Å². The maximum atomic E-state index is 6.14. The molecular weight excluding hydrogens is 229 g/mol. The standard InChI is InChI=1S/C12H15Cl2N/c1-8-4-5-15-12(8)6-9-2-3-10(13)7-11(9)14/h2-3,7-8,12,15H,4-6H2,1H3. The van der Waals surface area contributed by atoms with Gasteiger partial charge in [-0.05, 0) is 43.0 Å². The van der Waals surface area contributed by atoms with Gasteiger partial charge in [-0.15, -0.1) is 0 Å². The van der Waals surface area contributed by atoms with Gasteiger partial charge in [-0.2, -0.15) is 0 Å². The molecule has 2 rings (SSSR count). The predicted octanol–water partition coefficient (Wildman–Crippen LogP) is 3.53. The molecule has 15 heavy (non-hydrogen) atoms. The Hall–Kier alpha value is -0.240. The van der Waals surface area contributed by atoms with E-state index >= 15 is 0 Å². The van der Waals surface area contributed by atoms with Crippen LogP contribution in [0.15, 0.2) is 18.2 Å². The Labute approximate surface area is 101 Å². The van der Waals surface area contributed by atoms with Gasteiger partial charge in [0, 0.05) is 16.1 Å². The molecule has 0 saturated carbocycles. The third-order valence-corrected chi connectivity index (χ3v) is 3.73. The highest BCUT2D eigenvalue weighted by molar-refractivity contribution is 6.35. The molecule has 2 unspecified atom stereocenters. The molecule has 1 aliphatic rings. The minimum atomic E-state index is 0.559. The van der Waals surface area contributed by atoms with E-state index in [1.165, 1.54) is 12.0 Å². The van der Waals surface area contributed by atoms with Gasteiger partial charge in [-0.25, -0.2) is 0 Å². The zero-order valence-electron chi connectivity index (χ0n) is 8.76. The fourth-order valence-corrected chi connectivity index (χ4v) is 2.58. The lowest BCUT2D eigenvalue weighted by molar-refractivity contribution is 0.480. The SMILES string of the molecule is CC1CCNC1Cc1ccc(Cl)cc1Cl. The van der Waals surface area contributed by atoms with Crippen molar-refractivity contribution < 1.29 is 0 Å². The van der Waals surface area contributed by atoms with Crippen LogP contribution in [0.2, 0.25) is 10.0 Å². The Bertz CT molecular complexity index is 351. The van der Waals surface area contributed by atoms with Crippen LogP contribution in [-0.2, 0) is 6.42 Å². The van der Waals surface area contributed by atoms with Gasteiger partial charge in [-0.1, -0.05) is 36.2 Å². The fraction of sp³-hybridized carbons (Fsp3) is 0.500. The van der Waals surface area contributed by atoms with Crippen molar-refractivity contribution in [1.82, 2.24) is 5.32 Å². The van der Waals surface area contributed by atoms with Crippen LogP contribution in [0, 0.1) is 5.92 Å². The molecule has 2 atom stereocenters. The van der Waals surface area contributed by atoms with Crippen LogP contribution in [0.3, 0.4) is 0 Å². The number of halogens is 2. The Balaban J connectivity index is 2.10. The molecular formula is C12H15Cl2N. The number of hydrogen-bond acceptors (Lipinski definition) is 1. The van der Waals surface area contributed by atoms with Gasteiger partial charge in [0.05, 0.1) is 0 Å². The quantitative estimate of drug-likeness (QED) is 0.839. The number of rotatable bonds is 2. The molecule has 1 aromatic rings. The molecule has 3 heteroatoms. The van der Waals surface area contributed by atoms with Crippen molar-refractivity contribution in [3.8, 4) is 0 Å². The van der Waals surface area contributed by atoms with Crippen molar-refractivity contribution in [2.45, 2.75) is 25.8 Å². The van der Waals surface area contributed by atoms with Crippen LogP contribution >= 0.6 is 23.2 Å². The highest BCUT2D eigenvalue weighted by Gasteiger charge is 2.23. The third-order valence-electron chi connectivity index (χ3n) is 3.15. The van der Waals surface area contributed by atoms with Crippen LogP contribution in [0.4, 0.5) is 0 Å².